The SMILES string of the molecule is COC(=O)C1=C(Cl)NC(c2ccccn2)=NC12CCc1c(F)cccc12. The minimum absolute atomic E-state index is 0.115. The molecule has 1 aliphatic carbocycles. The average Bonchev–Trinajstić information content (AvgIpc) is 3.01. The first-order valence-corrected chi connectivity index (χ1v) is 8.49. The zero-order chi connectivity index (χ0) is 18.3. The highest BCUT2D eigenvalue weighted by atomic mass is 35.5. The van der Waals surface area contributed by atoms with Crippen molar-refractivity contribution in [2.45, 2.75) is 18.4 Å². The van der Waals surface area contributed by atoms with Gasteiger partial charge in [0.25, 0.3) is 0 Å². The maximum Gasteiger partial charge on any atom is 0.339 e. The first-order valence-electron chi connectivity index (χ1n) is 8.11. The smallest absolute Gasteiger partial charge is 0.339 e. The van der Waals surface area contributed by atoms with Gasteiger partial charge in [0.2, 0.25) is 0 Å². The van der Waals surface area contributed by atoms with Crippen LogP contribution >= 0.6 is 11.6 Å². The van der Waals surface area contributed by atoms with Gasteiger partial charge in [-0.3, -0.25) is 4.98 Å². The summed E-state index contributed by atoms with van der Waals surface area (Å²) in [7, 11) is 1.28. The van der Waals surface area contributed by atoms with Gasteiger partial charge in [-0.15, -0.1) is 0 Å². The lowest BCUT2D eigenvalue weighted by Crippen LogP contribution is -2.41. The van der Waals surface area contributed by atoms with Crippen molar-refractivity contribution in [3.05, 3.63) is 76.0 Å². The second-order valence-electron chi connectivity index (χ2n) is 6.11. The molecule has 7 heteroatoms. The van der Waals surface area contributed by atoms with Gasteiger partial charge in [0.15, 0.2) is 5.84 Å². The largest absolute Gasteiger partial charge is 0.465 e. The summed E-state index contributed by atoms with van der Waals surface area (Å²) in [4.78, 5) is 21.6. The molecule has 1 aromatic heterocycles. The quantitative estimate of drug-likeness (QED) is 0.651. The van der Waals surface area contributed by atoms with E-state index in [2.05, 4.69) is 10.3 Å². The number of fused-ring (bicyclic) bond motifs is 2. The summed E-state index contributed by atoms with van der Waals surface area (Å²) in [6.45, 7) is 0. The molecule has 1 spiro atoms. The number of nitrogens with one attached hydrogen (secondary N) is 1. The summed E-state index contributed by atoms with van der Waals surface area (Å²) >= 11 is 6.44. The Kier molecular flexibility index (Phi) is 4.00. The number of aromatic nitrogens is 1. The Balaban J connectivity index is 1.96. The maximum absolute atomic E-state index is 14.3. The molecule has 1 N–H and O–H groups in total. The Morgan fingerprint density at radius 1 is 1.31 bits per heavy atom. The number of esters is 1. The van der Waals surface area contributed by atoms with Crippen LogP contribution in [0.4, 0.5) is 4.39 Å². The van der Waals surface area contributed by atoms with Crippen LogP contribution in [-0.2, 0) is 21.5 Å². The molecule has 0 fully saturated rings. The number of nitrogens with zero attached hydrogens (tertiary/aromatic N) is 2. The lowest BCUT2D eigenvalue weighted by molar-refractivity contribution is -0.137. The molecular formula is C19H15ClFN3O2. The fourth-order valence-electron chi connectivity index (χ4n) is 3.62. The van der Waals surface area contributed by atoms with Crippen LogP contribution in [-0.4, -0.2) is 23.9 Å². The number of ether oxygens (including phenoxy) is 1. The first-order chi connectivity index (χ1) is 12.6. The van der Waals surface area contributed by atoms with Gasteiger partial charge in [-0.25, -0.2) is 14.2 Å². The first kappa shape index (κ1) is 16.7. The van der Waals surface area contributed by atoms with Crippen molar-refractivity contribution >= 4 is 23.4 Å². The summed E-state index contributed by atoms with van der Waals surface area (Å²) in [6, 6.07) is 10.2. The fraction of sp³-hybridized carbons (Fsp3) is 0.211. The van der Waals surface area contributed by atoms with E-state index in [4.69, 9.17) is 21.3 Å². The molecule has 1 atom stereocenters. The third-order valence-corrected chi connectivity index (χ3v) is 5.05. The van der Waals surface area contributed by atoms with Crippen molar-refractivity contribution in [2.24, 2.45) is 4.99 Å². The van der Waals surface area contributed by atoms with E-state index in [1.165, 1.54) is 13.2 Å². The fourth-order valence-corrected chi connectivity index (χ4v) is 3.95. The summed E-state index contributed by atoms with van der Waals surface area (Å²) in [5.74, 6) is -0.475. The third-order valence-electron chi connectivity index (χ3n) is 4.76. The molecule has 0 radical (unpaired) electrons. The summed E-state index contributed by atoms with van der Waals surface area (Å²) in [5, 5.41) is 3.05. The summed E-state index contributed by atoms with van der Waals surface area (Å²) in [6.07, 6.45) is 2.51. The van der Waals surface area contributed by atoms with E-state index in [0.29, 0.717) is 35.5 Å². The molecule has 0 saturated carbocycles. The normalized spacial score (nSPS) is 21.3. The monoisotopic (exact) mass is 371 g/mol. The van der Waals surface area contributed by atoms with Crippen LogP contribution in [0.15, 0.2) is 58.3 Å². The molecule has 2 aromatic rings. The standard InChI is InChI=1S/C19H15ClFN3O2/c1-26-18(25)15-16(20)23-17(14-7-2-3-10-22-14)24-19(15)9-8-11-12(19)5-4-6-13(11)21/h2-7,10H,8-9H2,1H3,(H,23,24). The second kappa shape index (κ2) is 6.21. The van der Waals surface area contributed by atoms with Crippen molar-refractivity contribution in [3.63, 3.8) is 0 Å². The van der Waals surface area contributed by atoms with Crippen molar-refractivity contribution < 1.29 is 13.9 Å². The maximum atomic E-state index is 14.3. The van der Waals surface area contributed by atoms with Crippen molar-refractivity contribution in [3.8, 4) is 0 Å². The van der Waals surface area contributed by atoms with Gasteiger partial charge in [0.1, 0.15) is 27.8 Å². The van der Waals surface area contributed by atoms with E-state index in [-0.39, 0.29) is 16.5 Å². The zero-order valence-corrected chi connectivity index (χ0v) is 14.7. The molecule has 2 heterocycles. The van der Waals surface area contributed by atoms with E-state index in [9.17, 15) is 9.18 Å². The molecule has 1 aliphatic heterocycles. The molecule has 26 heavy (non-hydrogen) atoms. The van der Waals surface area contributed by atoms with E-state index in [1.807, 2.05) is 6.07 Å². The zero-order valence-electron chi connectivity index (χ0n) is 13.9. The molecule has 1 aromatic carbocycles. The van der Waals surface area contributed by atoms with Gasteiger partial charge >= 0.3 is 5.97 Å². The molecule has 132 valence electrons. The average molecular weight is 372 g/mol. The van der Waals surface area contributed by atoms with Gasteiger partial charge in [-0.1, -0.05) is 29.8 Å². The van der Waals surface area contributed by atoms with Crippen LogP contribution in [0.3, 0.4) is 0 Å². The predicted octanol–water partition coefficient (Wildman–Crippen LogP) is 3.04. The highest BCUT2D eigenvalue weighted by Gasteiger charge is 2.50. The number of benzene rings is 1. The topological polar surface area (TPSA) is 63.6 Å². The number of aliphatic imine (C=N–C) groups is 1. The number of hydrogen-bond donors (Lipinski definition) is 1. The third kappa shape index (κ3) is 2.41. The molecule has 5 nitrogen and oxygen atoms in total. The van der Waals surface area contributed by atoms with Crippen molar-refractivity contribution in [1.82, 2.24) is 10.3 Å². The van der Waals surface area contributed by atoms with Gasteiger partial charge in [-0.2, -0.15) is 0 Å². The number of carbonyl (C=O) groups excluding carboxylic acids is 1. The number of carbonyl (C=O) groups is 1. The highest BCUT2D eigenvalue weighted by Crippen LogP contribution is 2.49. The van der Waals surface area contributed by atoms with E-state index < -0.39 is 11.5 Å². The molecule has 0 amide bonds. The lowest BCUT2D eigenvalue weighted by Gasteiger charge is -2.33. The van der Waals surface area contributed by atoms with Crippen LogP contribution in [0.1, 0.15) is 23.2 Å². The van der Waals surface area contributed by atoms with E-state index in [1.54, 1.807) is 30.5 Å². The lowest BCUT2D eigenvalue weighted by atomic mass is 9.83. The van der Waals surface area contributed by atoms with Crippen molar-refractivity contribution in [2.75, 3.05) is 7.11 Å². The van der Waals surface area contributed by atoms with Crippen LogP contribution in [0.25, 0.3) is 0 Å². The molecular weight excluding hydrogens is 357 g/mol. The minimum atomic E-state index is -1.10. The van der Waals surface area contributed by atoms with Gasteiger partial charge in [0, 0.05) is 6.20 Å². The van der Waals surface area contributed by atoms with E-state index >= 15 is 0 Å². The molecule has 4 rings (SSSR count). The van der Waals surface area contributed by atoms with Crippen LogP contribution < -0.4 is 5.32 Å². The number of halogens is 2. The molecule has 0 bridgehead atoms. The van der Waals surface area contributed by atoms with Crippen molar-refractivity contribution in [1.29, 1.82) is 0 Å². The molecule has 0 saturated heterocycles. The Morgan fingerprint density at radius 2 is 2.15 bits per heavy atom. The minimum Gasteiger partial charge on any atom is -0.465 e. The van der Waals surface area contributed by atoms with Crippen LogP contribution in [0.2, 0.25) is 0 Å². The Labute approximate surface area is 154 Å². The second-order valence-corrected chi connectivity index (χ2v) is 6.49. The Bertz CT molecular complexity index is 959. The number of rotatable bonds is 2. The van der Waals surface area contributed by atoms with Crippen LogP contribution in [0, 0.1) is 5.82 Å². The van der Waals surface area contributed by atoms with Gasteiger partial charge in [-0.05, 0) is 42.2 Å². The Morgan fingerprint density at radius 3 is 2.88 bits per heavy atom. The van der Waals surface area contributed by atoms with E-state index in [0.717, 1.165) is 0 Å². The van der Waals surface area contributed by atoms with Gasteiger partial charge < -0.3 is 10.1 Å². The summed E-state index contributed by atoms with van der Waals surface area (Å²) in [5.41, 5.74) is 0.847. The van der Waals surface area contributed by atoms with Crippen LogP contribution in [0.5, 0.6) is 0 Å². The summed E-state index contributed by atoms with van der Waals surface area (Å²) < 4.78 is 19.2. The number of methoxy groups -OCH3 is 1. The van der Waals surface area contributed by atoms with Gasteiger partial charge in [0.05, 0.1) is 7.11 Å². The molecule has 2 aliphatic rings. The number of hydrogen-bond acceptors (Lipinski definition) is 5. The predicted molar refractivity (Wildman–Crippen MR) is 95.2 cm³/mol. The number of amidine groups is 1. The highest BCUT2D eigenvalue weighted by molar-refractivity contribution is 6.33. The number of pyridine rings is 1. The molecule has 1 unspecified atom stereocenters. The Hall–Kier alpha value is -2.73.